The van der Waals surface area contributed by atoms with Crippen LogP contribution in [0.15, 0.2) is 41.7 Å². The zero-order valence-electron chi connectivity index (χ0n) is 52.7. The van der Waals surface area contributed by atoms with Gasteiger partial charge in [-0.3, -0.25) is 62.5 Å². The molecule has 92 heavy (non-hydrogen) atoms. The minimum Gasteiger partial charge on any atom is -0.493 e. The molecule has 6 heterocycles. The van der Waals surface area contributed by atoms with E-state index in [0.29, 0.717) is 30.8 Å². The molecule has 0 bridgehead atoms. The van der Waals surface area contributed by atoms with Crippen molar-refractivity contribution in [3.05, 3.63) is 53.6 Å². The van der Waals surface area contributed by atoms with Gasteiger partial charge >= 0.3 is 47.8 Å². The highest BCUT2D eigenvalue weighted by Gasteiger charge is 2.55. The molecule has 7 rings (SSSR count). The molecular formula is C60H76N8O24. The number of amides is 4. The van der Waals surface area contributed by atoms with Gasteiger partial charge in [0.2, 0.25) is 5.91 Å². The summed E-state index contributed by atoms with van der Waals surface area (Å²) >= 11 is 0. The van der Waals surface area contributed by atoms with Crippen LogP contribution in [0.3, 0.4) is 0 Å². The van der Waals surface area contributed by atoms with Crippen LogP contribution >= 0.6 is 0 Å². The van der Waals surface area contributed by atoms with Crippen molar-refractivity contribution in [2.24, 2.45) is 4.99 Å². The molecule has 32 heteroatoms. The SMILES string of the molecule is COc1cc2c(cc1OCCCC(=O)Nc1cc(C(=O)Nc3cc(C(=O)NCCCN(C)C)n([C@H]4O[C@H](COC(C)=O)[C@@H](OC(C)=O)[C@H](OC(C)=O)[C@H]4OC(C)=O)c3)n([C@H]3O[C@H](COC(C)=O)[C@@H](OC(C)=O)[C@H](OC(C)=O)[C@H]3OC(C)=O)c1)N=C[C@H]1CCCN1C2=O. The maximum absolute atomic E-state index is 15.3. The van der Waals surface area contributed by atoms with Crippen molar-refractivity contribution >= 4 is 94.7 Å². The summed E-state index contributed by atoms with van der Waals surface area (Å²) in [5, 5.41) is 8.23. The van der Waals surface area contributed by atoms with Crippen molar-refractivity contribution in [1.29, 1.82) is 0 Å². The fourth-order valence-corrected chi connectivity index (χ4v) is 10.9. The summed E-state index contributed by atoms with van der Waals surface area (Å²) in [6.07, 6.45) is -10.5. The molecule has 32 nitrogen and oxygen atoms in total. The number of rotatable bonds is 26. The van der Waals surface area contributed by atoms with E-state index in [2.05, 4.69) is 20.9 Å². The van der Waals surface area contributed by atoms with Crippen molar-refractivity contribution in [3.8, 4) is 11.5 Å². The van der Waals surface area contributed by atoms with Crippen LogP contribution in [-0.4, -0.2) is 212 Å². The van der Waals surface area contributed by atoms with E-state index in [1.165, 1.54) is 31.6 Å². The van der Waals surface area contributed by atoms with Crippen molar-refractivity contribution in [2.45, 2.75) is 155 Å². The van der Waals surface area contributed by atoms with E-state index < -0.39 is 146 Å². The Hall–Kier alpha value is -9.43. The number of benzene rings is 1. The second kappa shape index (κ2) is 31.5. The molecular weight excluding hydrogens is 1220 g/mol. The number of ether oxygens (including phenoxy) is 12. The second-order valence-corrected chi connectivity index (χ2v) is 22.1. The Balaban J connectivity index is 1.29. The topological polar surface area (TPSA) is 380 Å². The lowest BCUT2D eigenvalue weighted by molar-refractivity contribution is -0.268. The Morgan fingerprint density at radius 1 is 0.598 bits per heavy atom. The number of hydrogen-bond acceptors (Lipinski definition) is 26. The summed E-state index contributed by atoms with van der Waals surface area (Å²) in [6.45, 7) is 8.26. The first kappa shape index (κ1) is 70.0. The predicted octanol–water partition coefficient (Wildman–Crippen LogP) is 2.86. The lowest BCUT2D eigenvalue weighted by Gasteiger charge is -2.45. The number of fused-ring (bicyclic) bond motifs is 2. The quantitative estimate of drug-likeness (QED) is 0.0591. The van der Waals surface area contributed by atoms with Gasteiger partial charge in [-0.25, -0.2) is 0 Å². The average Bonchev–Trinajstić information content (AvgIpc) is 1.46. The zero-order chi connectivity index (χ0) is 67.2. The van der Waals surface area contributed by atoms with E-state index in [0.717, 1.165) is 77.4 Å². The molecule has 3 N–H and O–H groups in total. The summed E-state index contributed by atoms with van der Waals surface area (Å²) in [7, 11) is 5.07. The van der Waals surface area contributed by atoms with Gasteiger partial charge in [-0.1, -0.05) is 0 Å². The number of aliphatic imine (C=N–C) groups is 1. The standard InChI is InChI=1S/C60H76N8O24/c1-30(69)83-28-47-50(85-32(3)71)52(87-34(5)73)54(89-36(7)75)59(91-47)67-27-39(22-43(67)56(78)61-17-14-18-65(9)10)64-57(79)44-21-38(26-68(44)60-55(90-37(8)76)53(88-35(6)74)51(86-33(4)72)48(92-60)29-84-31(2)70)63-49(77)16-13-20-82-46-24-42-41(23-45(46)81-11)58(80)66-19-12-15-40(66)25-62-42/h21-27,40,47-48,50-55,59-60H,12-20,28-29H2,1-11H3,(H,61,78)(H,63,77)(H,64,79)/t40-,47-,48-,50-,51-,52+,53+,54-,55-,59+,60+/m1/s1. The molecule has 0 aliphatic carbocycles. The second-order valence-electron chi connectivity index (χ2n) is 22.1. The smallest absolute Gasteiger partial charge is 0.303 e. The average molecular weight is 1290 g/mol. The summed E-state index contributed by atoms with van der Waals surface area (Å²) in [6, 6.07) is 5.41. The first-order valence-corrected chi connectivity index (χ1v) is 29.4. The van der Waals surface area contributed by atoms with Gasteiger partial charge < -0.3 is 91.7 Å². The van der Waals surface area contributed by atoms with E-state index >= 15 is 4.79 Å². The Morgan fingerprint density at radius 3 is 1.58 bits per heavy atom. The Morgan fingerprint density at radius 2 is 1.09 bits per heavy atom. The van der Waals surface area contributed by atoms with Crippen LogP contribution in [0.25, 0.3) is 0 Å². The maximum Gasteiger partial charge on any atom is 0.303 e. The Bertz CT molecular complexity index is 3320. The summed E-state index contributed by atoms with van der Waals surface area (Å²) in [5.74, 6) is -9.36. The van der Waals surface area contributed by atoms with E-state index in [9.17, 15) is 52.7 Å². The molecule has 0 radical (unpaired) electrons. The first-order chi connectivity index (χ1) is 43.6. The van der Waals surface area contributed by atoms with Crippen LogP contribution in [0.5, 0.6) is 11.5 Å². The van der Waals surface area contributed by atoms with E-state index in [1.54, 1.807) is 23.2 Å². The predicted molar refractivity (Wildman–Crippen MR) is 315 cm³/mol. The Kier molecular flexibility index (Phi) is 24.0. The molecule has 4 amide bonds. The van der Waals surface area contributed by atoms with Crippen LogP contribution in [-0.2, 0) is 90.5 Å². The van der Waals surface area contributed by atoms with Gasteiger partial charge in [0.1, 0.15) is 36.8 Å². The molecule has 3 fully saturated rings. The number of nitrogens with one attached hydrogen (secondary N) is 3. The van der Waals surface area contributed by atoms with Gasteiger partial charge in [0.05, 0.1) is 42.4 Å². The van der Waals surface area contributed by atoms with Crippen LogP contribution in [0.4, 0.5) is 17.1 Å². The van der Waals surface area contributed by atoms with Crippen molar-refractivity contribution < 1.29 is 114 Å². The fourth-order valence-electron chi connectivity index (χ4n) is 10.9. The molecule has 4 aliphatic heterocycles. The van der Waals surface area contributed by atoms with Crippen LogP contribution < -0.4 is 25.4 Å². The summed E-state index contributed by atoms with van der Waals surface area (Å²) in [5.41, 5.74) is -0.226. The van der Waals surface area contributed by atoms with E-state index in [-0.39, 0.29) is 66.5 Å². The molecule has 500 valence electrons. The van der Waals surface area contributed by atoms with Gasteiger partial charge in [-0.05, 0) is 64.5 Å². The van der Waals surface area contributed by atoms with E-state index in [1.807, 2.05) is 19.0 Å². The summed E-state index contributed by atoms with van der Waals surface area (Å²) < 4.78 is 71.3. The number of anilines is 2. The number of methoxy groups -OCH3 is 1. The van der Waals surface area contributed by atoms with Crippen molar-refractivity contribution in [1.82, 2.24) is 24.3 Å². The largest absolute Gasteiger partial charge is 0.493 e. The lowest BCUT2D eigenvalue weighted by atomic mass is 9.97. The number of esters is 8. The number of aromatic nitrogens is 2. The zero-order valence-corrected chi connectivity index (χ0v) is 52.7. The monoisotopic (exact) mass is 1290 g/mol. The van der Waals surface area contributed by atoms with Crippen LogP contribution in [0, 0.1) is 0 Å². The van der Waals surface area contributed by atoms with E-state index in [4.69, 9.17) is 56.8 Å². The molecule has 4 aliphatic rings. The number of carbonyl (C=O) groups is 12. The lowest BCUT2D eigenvalue weighted by Crippen LogP contribution is -2.60. The fraction of sp³-hybridized carbons (Fsp3) is 0.550. The molecule has 11 atom stereocenters. The number of nitrogens with zero attached hydrogens (tertiary/aromatic N) is 5. The van der Waals surface area contributed by atoms with Crippen molar-refractivity contribution in [2.75, 3.05) is 71.3 Å². The van der Waals surface area contributed by atoms with Crippen LogP contribution in [0.2, 0.25) is 0 Å². The summed E-state index contributed by atoms with van der Waals surface area (Å²) in [4.78, 5) is 167. The number of hydrogen-bond donors (Lipinski definition) is 3. The molecule has 3 aromatic rings. The van der Waals surface area contributed by atoms with Crippen LogP contribution in [0.1, 0.15) is 131 Å². The molecule has 2 aromatic heterocycles. The van der Waals surface area contributed by atoms with Gasteiger partial charge in [0.15, 0.2) is 60.6 Å². The molecule has 0 saturated carbocycles. The minimum absolute atomic E-state index is 0.0400. The Labute approximate surface area is 528 Å². The minimum atomic E-state index is -1.79. The highest BCUT2D eigenvalue weighted by molar-refractivity contribution is 6.06. The van der Waals surface area contributed by atoms with Crippen molar-refractivity contribution in [3.63, 3.8) is 0 Å². The molecule has 0 spiro atoms. The highest BCUT2D eigenvalue weighted by Crippen LogP contribution is 2.41. The normalized spacial score (nSPS) is 23.1. The molecule has 3 saturated heterocycles. The van der Waals surface area contributed by atoms with Gasteiger partial charge in [0.25, 0.3) is 17.7 Å². The molecule has 0 unspecified atom stereocenters. The van der Waals surface area contributed by atoms with Gasteiger partial charge in [-0.2, -0.15) is 0 Å². The van der Waals surface area contributed by atoms with Gasteiger partial charge in [-0.15, -0.1) is 0 Å². The first-order valence-electron chi connectivity index (χ1n) is 29.4. The maximum atomic E-state index is 15.3. The third kappa shape index (κ3) is 18.2. The highest BCUT2D eigenvalue weighted by atomic mass is 16.7. The number of carbonyl (C=O) groups excluding carboxylic acids is 12. The van der Waals surface area contributed by atoms with Gasteiger partial charge in [0, 0.05) is 99.6 Å². The third-order valence-corrected chi connectivity index (χ3v) is 14.5. The third-order valence-electron chi connectivity index (χ3n) is 14.5. The molecule has 1 aromatic carbocycles.